The molecule has 2 aromatic carbocycles. The first-order valence-corrected chi connectivity index (χ1v) is 8.54. The Hall–Kier alpha value is -2.00. The molecule has 27 heavy (non-hydrogen) atoms. The molecule has 0 amide bonds. The number of benzene rings is 2. The summed E-state index contributed by atoms with van der Waals surface area (Å²) in [5.41, 5.74) is 8.98. The second-order valence-corrected chi connectivity index (χ2v) is 5.86. The van der Waals surface area contributed by atoms with Crippen molar-refractivity contribution in [3.8, 4) is 11.5 Å². The normalized spacial score (nSPS) is 10.9. The van der Waals surface area contributed by atoms with Gasteiger partial charge in [-0.25, -0.2) is 4.99 Å². The monoisotopic (exact) mass is 485 g/mol. The second-order valence-electron chi connectivity index (χ2n) is 5.86. The number of nitrogens with two attached hydrogens (primary N) is 1. The molecule has 3 N–H and O–H groups in total. The van der Waals surface area contributed by atoms with Crippen LogP contribution in [0.1, 0.15) is 17.5 Å². The molecule has 0 spiro atoms. The molecule has 0 bridgehead atoms. The van der Waals surface area contributed by atoms with E-state index in [-0.39, 0.29) is 24.0 Å². The van der Waals surface area contributed by atoms with E-state index in [1.165, 1.54) is 0 Å². The molecule has 0 radical (unpaired) electrons. The molecule has 2 aromatic rings. The molecule has 0 heterocycles. The Balaban J connectivity index is 0.00000364. The van der Waals surface area contributed by atoms with Gasteiger partial charge in [-0.3, -0.25) is 0 Å². The molecule has 0 aliphatic rings. The van der Waals surface area contributed by atoms with Crippen LogP contribution in [0.5, 0.6) is 11.5 Å². The highest BCUT2D eigenvalue weighted by atomic mass is 127. The van der Waals surface area contributed by atoms with Crippen molar-refractivity contribution in [1.29, 1.82) is 0 Å². The van der Waals surface area contributed by atoms with Crippen LogP contribution >= 0.6 is 24.0 Å². The lowest BCUT2D eigenvalue weighted by atomic mass is 10.1. The lowest BCUT2D eigenvalue weighted by Gasteiger charge is -2.12. The Morgan fingerprint density at radius 1 is 1.07 bits per heavy atom. The largest absolute Gasteiger partial charge is 0.497 e. The van der Waals surface area contributed by atoms with E-state index in [1.54, 1.807) is 14.2 Å². The van der Waals surface area contributed by atoms with E-state index >= 15 is 0 Å². The van der Waals surface area contributed by atoms with E-state index in [0.29, 0.717) is 25.7 Å². The fraction of sp³-hybridized carbons (Fsp3) is 0.350. The zero-order valence-electron chi connectivity index (χ0n) is 16.0. The van der Waals surface area contributed by atoms with Gasteiger partial charge in [0.2, 0.25) is 0 Å². The van der Waals surface area contributed by atoms with Gasteiger partial charge < -0.3 is 25.3 Å². The smallest absolute Gasteiger partial charge is 0.193 e. The van der Waals surface area contributed by atoms with Crippen molar-refractivity contribution >= 4 is 35.6 Å². The predicted octanol–water partition coefficient (Wildman–Crippen LogP) is 3.96. The summed E-state index contributed by atoms with van der Waals surface area (Å²) in [5.74, 6) is 1.98. The average Bonchev–Trinajstić information content (AvgIpc) is 2.65. The summed E-state index contributed by atoms with van der Waals surface area (Å²) in [5, 5.41) is 3.07. The minimum atomic E-state index is 0. The van der Waals surface area contributed by atoms with Crippen molar-refractivity contribution in [1.82, 2.24) is 0 Å². The predicted molar refractivity (Wildman–Crippen MR) is 121 cm³/mol. The van der Waals surface area contributed by atoms with Crippen LogP contribution in [0.2, 0.25) is 0 Å². The van der Waals surface area contributed by atoms with Gasteiger partial charge in [-0.2, -0.15) is 0 Å². The van der Waals surface area contributed by atoms with Gasteiger partial charge in [0.05, 0.1) is 20.3 Å². The van der Waals surface area contributed by atoms with Gasteiger partial charge in [-0.1, -0.05) is 12.1 Å². The molecule has 0 aliphatic heterocycles. The highest BCUT2D eigenvalue weighted by Crippen LogP contribution is 2.22. The van der Waals surface area contributed by atoms with Crippen molar-refractivity contribution in [3.63, 3.8) is 0 Å². The first-order valence-electron chi connectivity index (χ1n) is 8.54. The Morgan fingerprint density at radius 3 is 2.48 bits per heavy atom. The number of nitrogens with zero attached hydrogens (tertiary/aromatic N) is 1. The van der Waals surface area contributed by atoms with Crippen LogP contribution < -0.4 is 20.5 Å². The van der Waals surface area contributed by atoms with Gasteiger partial charge in [0.25, 0.3) is 0 Å². The van der Waals surface area contributed by atoms with Gasteiger partial charge in [0.1, 0.15) is 11.5 Å². The molecule has 148 valence electrons. The first kappa shape index (κ1) is 23.0. The molecule has 6 nitrogen and oxygen atoms in total. The van der Waals surface area contributed by atoms with E-state index in [1.807, 2.05) is 49.4 Å². The van der Waals surface area contributed by atoms with E-state index in [2.05, 4.69) is 10.3 Å². The van der Waals surface area contributed by atoms with Crippen molar-refractivity contribution in [2.45, 2.75) is 19.9 Å². The van der Waals surface area contributed by atoms with Gasteiger partial charge in [-0.15, -0.1) is 24.0 Å². The Kier molecular flexibility index (Phi) is 10.6. The van der Waals surface area contributed by atoms with Crippen LogP contribution in [0.4, 0.5) is 5.69 Å². The van der Waals surface area contributed by atoms with Gasteiger partial charge in [0.15, 0.2) is 5.96 Å². The number of halogens is 1. The van der Waals surface area contributed by atoms with Crippen LogP contribution in [0, 0.1) is 6.92 Å². The number of hydrogen-bond acceptors (Lipinski definition) is 4. The molecule has 0 saturated carbocycles. The Labute approximate surface area is 178 Å². The van der Waals surface area contributed by atoms with Crippen LogP contribution in [-0.2, 0) is 11.3 Å². The van der Waals surface area contributed by atoms with Gasteiger partial charge >= 0.3 is 0 Å². The summed E-state index contributed by atoms with van der Waals surface area (Å²) < 4.78 is 16.1. The lowest BCUT2D eigenvalue weighted by molar-refractivity contribution is 0.172. The maximum Gasteiger partial charge on any atom is 0.193 e. The minimum Gasteiger partial charge on any atom is -0.497 e. The van der Waals surface area contributed by atoms with Gasteiger partial charge in [-0.05, 0) is 42.8 Å². The number of aliphatic imine (C=N–C) groups is 1. The Bertz CT molecular complexity index is 721. The van der Waals surface area contributed by atoms with Crippen molar-refractivity contribution in [3.05, 3.63) is 53.6 Å². The lowest BCUT2D eigenvalue weighted by Crippen LogP contribution is -2.22. The molecule has 7 heteroatoms. The quantitative estimate of drug-likeness (QED) is 0.243. The van der Waals surface area contributed by atoms with Crippen molar-refractivity contribution in [2.24, 2.45) is 10.7 Å². The maximum atomic E-state index is 5.99. The summed E-state index contributed by atoms with van der Waals surface area (Å²) in [6, 6.07) is 13.6. The number of hydrogen-bond donors (Lipinski definition) is 2. The van der Waals surface area contributed by atoms with Crippen molar-refractivity contribution < 1.29 is 14.2 Å². The number of rotatable bonds is 9. The van der Waals surface area contributed by atoms with Crippen LogP contribution in [-0.4, -0.2) is 33.4 Å². The fourth-order valence-corrected chi connectivity index (χ4v) is 2.34. The SMILES string of the molecule is COCCCOc1cc(C)ccc1CN=C(N)Nc1ccc(OC)cc1.I. The number of ether oxygens (including phenoxy) is 3. The molecule has 0 aromatic heterocycles. The topological polar surface area (TPSA) is 78.1 Å². The molecule has 0 atom stereocenters. The summed E-state index contributed by atoms with van der Waals surface area (Å²) >= 11 is 0. The second kappa shape index (κ2) is 12.4. The molecule has 0 unspecified atom stereocenters. The molecular formula is C20H28IN3O3. The zero-order valence-corrected chi connectivity index (χ0v) is 18.4. The maximum absolute atomic E-state index is 5.99. The summed E-state index contributed by atoms with van der Waals surface area (Å²) in [7, 11) is 3.32. The third kappa shape index (κ3) is 8.04. The molecule has 0 saturated heterocycles. The number of nitrogens with one attached hydrogen (secondary N) is 1. The molecular weight excluding hydrogens is 457 g/mol. The van der Waals surface area contributed by atoms with E-state index < -0.39 is 0 Å². The standard InChI is InChI=1S/C20H27N3O3.HI/c1-15-5-6-16(19(13-15)26-12-4-11-24-2)14-22-20(21)23-17-7-9-18(25-3)10-8-17;/h5-10,13H,4,11-12,14H2,1-3H3,(H3,21,22,23);1H. The average molecular weight is 485 g/mol. The zero-order chi connectivity index (χ0) is 18.8. The molecule has 2 rings (SSSR count). The number of anilines is 1. The summed E-state index contributed by atoms with van der Waals surface area (Å²) in [6.07, 6.45) is 0.842. The van der Waals surface area contributed by atoms with E-state index in [0.717, 1.165) is 34.7 Å². The van der Waals surface area contributed by atoms with E-state index in [4.69, 9.17) is 19.9 Å². The Morgan fingerprint density at radius 2 is 1.81 bits per heavy atom. The third-order valence-electron chi connectivity index (χ3n) is 3.76. The summed E-state index contributed by atoms with van der Waals surface area (Å²) in [4.78, 5) is 4.41. The highest BCUT2D eigenvalue weighted by molar-refractivity contribution is 14.0. The van der Waals surface area contributed by atoms with Crippen LogP contribution in [0.15, 0.2) is 47.5 Å². The number of methoxy groups -OCH3 is 2. The fourth-order valence-electron chi connectivity index (χ4n) is 2.34. The molecule has 0 fully saturated rings. The highest BCUT2D eigenvalue weighted by Gasteiger charge is 2.05. The van der Waals surface area contributed by atoms with Gasteiger partial charge in [0, 0.05) is 31.4 Å². The minimum absolute atomic E-state index is 0. The third-order valence-corrected chi connectivity index (χ3v) is 3.76. The first-order chi connectivity index (χ1) is 12.6. The number of guanidine groups is 1. The molecule has 0 aliphatic carbocycles. The van der Waals surface area contributed by atoms with Crippen molar-refractivity contribution in [2.75, 3.05) is 32.8 Å². The van der Waals surface area contributed by atoms with Crippen LogP contribution in [0.25, 0.3) is 0 Å². The number of aryl methyl sites for hydroxylation is 1. The summed E-state index contributed by atoms with van der Waals surface area (Å²) in [6.45, 7) is 3.76. The van der Waals surface area contributed by atoms with E-state index in [9.17, 15) is 0 Å². The van der Waals surface area contributed by atoms with Crippen LogP contribution in [0.3, 0.4) is 0 Å².